The molecule has 196 valence electrons. The average Bonchev–Trinajstić information content (AvgIpc) is 3.21. The predicted octanol–water partition coefficient (Wildman–Crippen LogP) is 1.73. The molecule has 2 aromatic carbocycles. The lowest BCUT2D eigenvalue weighted by Crippen LogP contribution is -2.58. The molecule has 0 unspecified atom stereocenters. The third-order valence-corrected chi connectivity index (χ3v) is 7.55. The van der Waals surface area contributed by atoms with Gasteiger partial charge in [0.15, 0.2) is 0 Å². The Labute approximate surface area is 217 Å². The van der Waals surface area contributed by atoms with Crippen LogP contribution in [0.25, 0.3) is 0 Å². The van der Waals surface area contributed by atoms with E-state index in [1.54, 1.807) is 14.7 Å². The fourth-order valence-corrected chi connectivity index (χ4v) is 5.45. The number of benzene rings is 2. The number of para-hydroxylation sites is 1. The zero-order chi connectivity index (χ0) is 25.7. The molecule has 9 nitrogen and oxygen atoms in total. The van der Waals surface area contributed by atoms with Crippen LogP contribution in [0.1, 0.15) is 18.4 Å². The van der Waals surface area contributed by atoms with Gasteiger partial charge in [-0.05, 0) is 30.5 Å². The second-order valence-corrected chi connectivity index (χ2v) is 9.79. The van der Waals surface area contributed by atoms with Crippen LogP contribution in [0.5, 0.6) is 0 Å². The lowest BCUT2D eigenvalue weighted by molar-refractivity contribution is -0.144. The minimum atomic E-state index is -0.770. The Morgan fingerprint density at radius 2 is 1.46 bits per heavy atom. The quantitative estimate of drug-likeness (QED) is 0.569. The molecule has 3 aliphatic rings. The lowest BCUT2D eigenvalue weighted by Gasteiger charge is -2.43. The van der Waals surface area contributed by atoms with Gasteiger partial charge in [-0.2, -0.15) is 0 Å². The molecule has 37 heavy (non-hydrogen) atoms. The first kappa shape index (κ1) is 25.2. The first-order valence-electron chi connectivity index (χ1n) is 12.9. The van der Waals surface area contributed by atoms with Crippen molar-refractivity contribution < 1.29 is 23.9 Å². The van der Waals surface area contributed by atoms with Crippen LogP contribution in [-0.4, -0.2) is 97.2 Å². The summed E-state index contributed by atoms with van der Waals surface area (Å²) < 4.78 is 11.0. The summed E-state index contributed by atoms with van der Waals surface area (Å²) in [6.45, 7) is 3.90. The summed E-state index contributed by atoms with van der Waals surface area (Å²) >= 11 is 0. The van der Waals surface area contributed by atoms with E-state index in [-0.39, 0.29) is 30.9 Å². The van der Waals surface area contributed by atoms with Gasteiger partial charge >= 0.3 is 0 Å². The molecule has 3 amide bonds. The van der Waals surface area contributed by atoms with E-state index in [0.717, 1.165) is 11.3 Å². The van der Waals surface area contributed by atoms with Gasteiger partial charge in [-0.15, -0.1) is 0 Å². The Bertz CT molecular complexity index is 1080. The maximum Gasteiger partial charge on any atom is 0.250 e. The number of piperidine rings is 1. The third kappa shape index (κ3) is 5.47. The maximum atomic E-state index is 13.9. The van der Waals surface area contributed by atoms with Gasteiger partial charge < -0.3 is 29.1 Å². The van der Waals surface area contributed by atoms with Crippen molar-refractivity contribution in [2.24, 2.45) is 0 Å². The monoisotopic (exact) mass is 506 g/mol. The van der Waals surface area contributed by atoms with Crippen LogP contribution in [0, 0.1) is 0 Å². The van der Waals surface area contributed by atoms with Gasteiger partial charge in [0.1, 0.15) is 18.7 Å². The summed E-state index contributed by atoms with van der Waals surface area (Å²) in [5.74, 6) is -0.155. The number of carbonyl (C=O) groups excluding carboxylic acids is 3. The topological polar surface area (TPSA) is 82.6 Å². The van der Waals surface area contributed by atoms with Crippen molar-refractivity contribution in [2.75, 3.05) is 64.1 Å². The second kappa shape index (κ2) is 11.3. The summed E-state index contributed by atoms with van der Waals surface area (Å²) in [6, 6.07) is 19.6. The molecular weight excluding hydrogens is 472 g/mol. The van der Waals surface area contributed by atoms with Crippen molar-refractivity contribution in [1.29, 1.82) is 0 Å². The molecule has 0 saturated carbocycles. The molecule has 5 rings (SSSR count). The molecule has 3 heterocycles. The Balaban J connectivity index is 1.24. The minimum absolute atomic E-state index is 0.0123. The number of nitrogens with zero attached hydrogens (tertiary/aromatic N) is 4. The molecule has 3 saturated heterocycles. The number of hydrogen-bond acceptors (Lipinski definition) is 6. The number of ether oxygens (including phenoxy) is 2. The Kier molecular flexibility index (Phi) is 7.71. The molecule has 3 fully saturated rings. The normalized spacial score (nSPS) is 19.5. The van der Waals surface area contributed by atoms with Gasteiger partial charge in [0.25, 0.3) is 5.91 Å². The highest BCUT2D eigenvalue weighted by Crippen LogP contribution is 2.39. The Morgan fingerprint density at radius 3 is 2.14 bits per heavy atom. The molecule has 3 aliphatic heterocycles. The Morgan fingerprint density at radius 1 is 0.838 bits per heavy atom. The molecule has 2 aromatic rings. The fraction of sp³-hybridized carbons (Fsp3) is 0.464. The number of hydrogen-bond donors (Lipinski definition) is 0. The summed E-state index contributed by atoms with van der Waals surface area (Å²) in [7, 11) is 0. The molecule has 0 bridgehead atoms. The van der Waals surface area contributed by atoms with Gasteiger partial charge in [-0.25, -0.2) is 0 Å². The largest absolute Gasteiger partial charge is 0.378 e. The van der Waals surface area contributed by atoms with E-state index >= 15 is 0 Å². The smallest absolute Gasteiger partial charge is 0.250 e. The van der Waals surface area contributed by atoms with Gasteiger partial charge in [0.2, 0.25) is 11.8 Å². The molecule has 0 aromatic heterocycles. The molecule has 9 heteroatoms. The standard InChI is InChI=1S/C28H34N4O5/c33-25(30-15-17-36-18-16-30)19-31-22-32(24-9-5-2-6-10-24)28(27(31)35)11-13-29(14-12-28)26(34)21-37-20-23-7-3-1-4-8-23/h1-10H,11-22H2. The van der Waals surface area contributed by atoms with Gasteiger partial charge in [-0.1, -0.05) is 48.5 Å². The minimum Gasteiger partial charge on any atom is -0.378 e. The first-order valence-corrected chi connectivity index (χ1v) is 12.9. The number of likely N-dealkylation sites (tertiary alicyclic amines) is 1. The van der Waals surface area contributed by atoms with Crippen LogP contribution >= 0.6 is 0 Å². The highest BCUT2D eigenvalue weighted by atomic mass is 16.5. The van der Waals surface area contributed by atoms with E-state index < -0.39 is 5.54 Å². The fourth-order valence-electron chi connectivity index (χ4n) is 5.45. The van der Waals surface area contributed by atoms with Crippen LogP contribution < -0.4 is 4.90 Å². The summed E-state index contributed by atoms with van der Waals surface area (Å²) in [4.78, 5) is 47.0. The number of amides is 3. The highest BCUT2D eigenvalue weighted by Gasteiger charge is 2.54. The van der Waals surface area contributed by atoms with Gasteiger partial charge in [-0.3, -0.25) is 14.4 Å². The molecule has 0 atom stereocenters. The van der Waals surface area contributed by atoms with Crippen molar-refractivity contribution in [2.45, 2.75) is 25.0 Å². The van der Waals surface area contributed by atoms with E-state index in [0.29, 0.717) is 65.5 Å². The number of carbonyl (C=O) groups is 3. The van der Waals surface area contributed by atoms with Crippen LogP contribution in [0.15, 0.2) is 60.7 Å². The van der Waals surface area contributed by atoms with E-state index in [4.69, 9.17) is 9.47 Å². The Hall–Kier alpha value is -3.43. The SMILES string of the molecule is O=C(COCc1ccccc1)N1CCC2(CC1)C(=O)N(CC(=O)N1CCOCC1)CN2c1ccccc1. The molecule has 0 radical (unpaired) electrons. The van der Waals surface area contributed by atoms with E-state index in [2.05, 4.69) is 4.90 Å². The summed E-state index contributed by atoms with van der Waals surface area (Å²) in [6.07, 6.45) is 1.01. The number of morpholine rings is 1. The van der Waals surface area contributed by atoms with Gasteiger partial charge in [0, 0.05) is 31.9 Å². The summed E-state index contributed by atoms with van der Waals surface area (Å²) in [5, 5.41) is 0. The lowest BCUT2D eigenvalue weighted by atomic mass is 9.85. The van der Waals surface area contributed by atoms with E-state index in [1.807, 2.05) is 60.7 Å². The van der Waals surface area contributed by atoms with Crippen molar-refractivity contribution in [3.05, 3.63) is 66.2 Å². The van der Waals surface area contributed by atoms with E-state index in [9.17, 15) is 14.4 Å². The van der Waals surface area contributed by atoms with Crippen molar-refractivity contribution in [3.63, 3.8) is 0 Å². The van der Waals surface area contributed by atoms with Gasteiger partial charge in [0.05, 0.1) is 26.5 Å². The average molecular weight is 507 g/mol. The molecule has 1 spiro atoms. The van der Waals surface area contributed by atoms with Crippen LogP contribution in [0.3, 0.4) is 0 Å². The van der Waals surface area contributed by atoms with Crippen LogP contribution in [0.2, 0.25) is 0 Å². The molecule has 0 aliphatic carbocycles. The van der Waals surface area contributed by atoms with E-state index in [1.165, 1.54) is 0 Å². The molecule has 0 N–H and O–H groups in total. The zero-order valence-corrected chi connectivity index (χ0v) is 21.1. The van der Waals surface area contributed by atoms with Crippen molar-refractivity contribution in [1.82, 2.24) is 14.7 Å². The summed E-state index contributed by atoms with van der Waals surface area (Å²) in [5.41, 5.74) is 1.20. The number of anilines is 1. The maximum absolute atomic E-state index is 13.9. The zero-order valence-electron chi connectivity index (χ0n) is 21.1. The highest BCUT2D eigenvalue weighted by molar-refractivity contribution is 5.96. The third-order valence-electron chi connectivity index (χ3n) is 7.55. The second-order valence-electron chi connectivity index (χ2n) is 9.79. The van der Waals surface area contributed by atoms with Crippen LogP contribution in [0.4, 0.5) is 5.69 Å². The predicted molar refractivity (Wildman–Crippen MR) is 138 cm³/mol. The molecular formula is C28H34N4O5. The van der Waals surface area contributed by atoms with Crippen LogP contribution in [-0.2, 0) is 30.5 Å². The van der Waals surface area contributed by atoms with Crippen molar-refractivity contribution in [3.8, 4) is 0 Å². The van der Waals surface area contributed by atoms with Crippen molar-refractivity contribution >= 4 is 23.4 Å². The number of rotatable bonds is 7. The first-order chi connectivity index (χ1) is 18.1.